The van der Waals surface area contributed by atoms with Gasteiger partial charge in [0.1, 0.15) is 4.90 Å². The van der Waals surface area contributed by atoms with Gasteiger partial charge in [0, 0.05) is 13.1 Å². The number of halogens is 1. The van der Waals surface area contributed by atoms with E-state index in [-0.39, 0.29) is 10.8 Å². The van der Waals surface area contributed by atoms with Gasteiger partial charge in [-0.2, -0.15) is 9.40 Å². The molecule has 0 unspecified atom stereocenters. The van der Waals surface area contributed by atoms with E-state index in [2.05, 4.69) is 10.2 Å². The lowest BCUT2D eigenvalue weighted by Gasteiger charge is -2.24. The number of hydrogen-bond donors (Lipinski definition) is 1. The average Bonchev–Trinajstić information content (AvgIpc) is 2.70. The largest absolute Gasteiger partial charge is 0.281 e. The Morgan fingerprint density at radius 3 is 2.37 bits per heavy atom. The minimum Gasteiger partial charge on any atom is -0.281 e. The van der Waals surface area contributed by atoms with Crippen molar-refractivity contribution in [2.75, 3.05) is 13.1 Å². The molecule has 1 saturated heterocycles. The molecule has 7 heteroatoms. The average molecular weight is 306 g/mol. The van der Waals surface area contributed by atoms with Gasteiger partial charge in [-0.1, -0.05) is 19.3 Å². The summed E-state index contributed by atoms with van der Waals surface area (Å²) in [6.07, 6.45) is 5.24. The first-order valence-electron chi connectivity index (χ1n) is 6.67. The maximum absolute atomic E-state index is 12.7. The number of hydrogen-bond acceptors (Lipinski definition) is 3. The fraction of sp³-hybridized carbons (Fsp3) is 0.750. The molecule has 1 N–H and O–H groups in total. The van der Waals surface area contributed by atoms with Gasteiger partial charge in [-0.05, 0) is 19.8 Å². The third-order valence-electron chi connectivity index (χ3n) is 3.50. The quantitative estimate of drug-likeness (QED) is 0.872. The van der Waals surface area contributed by atoms with Crippen LogP contribution in [0.3, 0.4) is 0 Å². The van der Waals surface area contributed by atoms with E-state index in [1.165, 1.54) is 6.42 Å². The van der Waals surface area contributed by atoms with E-state index < -0.39 is 10.0 Å². The van der Waals surface area contributed by atoms with Crippen molar-refractivity contribution in [1.82, 2.24) is 14.5 Å². The predicted molar refractivity (Wildman–Crippen MR) is 74.7 cm³/mol. The first-order chi connectivity index (χ1) is 9.07. The second-order valence-electron chi connectivity index (χ2n) is 4.93. The van der Waals surface area contributed by atoms with Gasteiger partial charge in [0.05, 0.1) is 17.3 Å². The van der Waals surface area contributed by atoms with E-state index in [4.69, 9.17) is 11.6 Å². The molecule has 1 aromatic rings. The molecule has 0 atom stereocenters. The van der Waals surface area contributed by atoms with Gasteiger partial charge in [0.2, 0.25) is 10.0 Å². The van der Waals surface area contributed by atoms with Crippen LogP contribution in [0.2, 0.25) is 0 Å². The minimum atomic E-state index is -3.48. The zero-order valence-electron chi connectivity index (χ0n) is 11.2. The van der Waals surface area contributed by atoms with E-state index in [1.54, 1.807) is 11.2 Å². The zero-order valence-corrected chi connectivity index (χ0v) is 12.7. The molecule has 0 aliphatic carbocycles. The Morgan fingerprint density at radius 1 is 1.21 bits per heavy atom. The third-order valence-corrected chi connectivity index (χ3v) is 5.86. The molecule has 0 aromatic carbocycles. The summed E-state index contributed by atoms with van der Waals surface area (Å²) in [6, 6.07) is 0. The normalized spacial score (nSPS) is 19.1. The fourth-order valence-electron chi connectivity index (χ4n) is 2.49. The molecule has 19 heavy (non-hydrogen) atoms. The van der Waals surface area contributed by atoms with Crippen molar-refractivity contribution in [3.05, 3.63) is 11.4 Å². The second-order valence-corrected chi connectivity index (χ2v) is 7.07. The van der Waals surface area contributed by atoms with Crippen LogP contribution in [0.15, 0.2) is 4.90 Å². The highest BCUT2D eigenvalue weighted by Gasteiger charge is 2.30. The number of aromatic nitrogens is 2. The second kappa shape index (κ2) is 6.24. The molecule has 1 fully saturated rings. The van der Waals surface area contributed by atoms with Gasteiger partial charge in [0.25, 0.3) is 0 Å². The lowest BCUT2D eigenvalue weighted by Crippen LogP contribution is -2.34. The van der Waals surface area contributed by atoms with Gasteiger partial charge in [-0.3, -0.25) is 5.10 Å². The summed E-state index contributed by atoms with van der Waals surface area (Å²) in [5.74, 6) is 0.104. The Balaban J connectivity index is 2.31. The minimum absolute atomic E-state index is 0.104. The third kappa shape index (κ3) is 3.12. The summed E-state index contributed by atoms with van der Waals surface area (Å²) in [6.45, 7) is 2.91. The van der Waals surface area contributed by atoms with Crippen LogP contribution < -0.4 is 0 Å². The molecule has 1 aliphatic rings. The van der Waals surface area contributed by atoms with Gasteiger partial charge in [-0.15, -0.1) is 11.6 Å². The van der Waals surface area contributed by atoms with Crippen LogP contribution in [-0.4, -0.2) is 36.0 Å². The van der Waals surface area contributed by atoms with Gasteiger partial charge in [0.15, 0.2) is 0 Å². The van der Waals surface area contributed by atoms with Crippen LogP contribution in [0.1, 0.15) is 43.5 Å². The molecule has 0 bridgehead atoms. The van der Waals surface area contributed by atoms with Crippen LogP contribution >= 0.6 is 11.6 Å². The Morgan fingerprint density at radius 2 is 1.79 bits per heavy atom. The number of sulfonamides is 1. The summed E-state index contributed by atoms with van der Waals surface area (Å²) in [4.78, 5) is 0.267. The van der Waals surface area contributed by atoms with Crippen LogP contribution in [-0.2, 0) is 15.9 Å². The number of rotatable bonds is 3. The topological polar surface area (TPSA) is 66.1 Å². The highest BCUT2D eigenvalue weighted by molar-refractivity contribution is 7.89. The SMILES string of the molecule is Cc1[nH]nc(CCl)c1S(=O)(=O)N1CCCCCCC1. The first kappa shape index (κ1) is 14.8. The highest BCUT2D eigenvalue weighted by Crippen LogP contribution is 2.25. The maximum Gasteiger partial charge on any atom is 0.246 e. The number of nitrogens with zero attached hydrogens (tertiary/aromatic N) is 2. The Bertz CT molecular complexity index is 519. The van der Waals surface area contributed by atoms with E-state index in [0.717, 1.165) is 25.7 Å². The summed E-state index contributed by atoms with van der Waals surface area (Å²) >= 11 is 5.78. The number of nitrogens with one attached hydrogen (secondary N) is 1. The maximum atomic E-state index is 12.7. The lowest BCUT2D eigenvalue weighted by molar-refractivity contribution is 0.364. The van der Waals surface area contributed by atoms with Crippen molar-refractivity contribution < 1.29 is 8.42 Å². The summed E-state index contributed by atoms with van der Waals surface area (Å²) < 4.78 is 27.0. The number of H-pyrrole nitrogens is 1. The summed E-state index contributed by atoms with van der Waals surface area (Å²) in [5.41, 5.74) is 0.985. The van der Waals surface area contributed by atoms with Crippen molar-refractivity contribution in [3.8, 4) is 0 Å². The molecule has 0 saturated carbocycles. The smallest absolute Gasteiger partial charge is 0.246 e. The van der Waals surface area contributed by atoms with E-state index in [1.807, 2.05) is 0 Å². The molecule has 0 radical (unpaired) electrons. The highest BCUT2D eigenvalue weighted by atomic mass is 35.5. The molecule has 108 valence electrons. The molecule has 2 heterocycles. The van der Waals surface area contributed by atoms with Crippen molar-refractivity contribution in [3.63, 3.8) is 0 Å². The molecular formula is C12H20ClN3O2S. The lowest BCUT2D eigenvalue weighted by atomic mass is 10.1. The van der Waals surface area contributed by atoms with E-state index in [9.17, 15) is 8.42 Å². The van der Waals surface area contributed by atoms with E-state index in [0.29, 0.717) is 24.5 Å². The number of aryl methyl sites for hydroxylation is 1. The Kier molecular flexibility index (Phi) is 4.86. The Labute approximate surface area is 119 Å². The van der Waals surface area contributed by atoms with Crippen molar-refractivity contribution in [1.29, 1.82) is 0 Å². The molecule has 1 aliphatic heterocycles. The molecule has 1 aromatic heterocycles. The molecular weight excluding hydrogens is 286 g/mol. The van der Waals surface area contributed by atoms with Crippen molar-refractivity contribution in [2.24, 2.45) is 0 Å². The zero-order chi connectivity index (χ0) is 13.9. The first-order valence-corrected chi connectivity index (χ1v) is 8.65. The molecule has 0 spiro atoms. The molecule has 2 rings (SSSR count). The van der Waals surface area contributed by atoms with Crippen molar-refractivity contribution in [2.45, 2.75) is 49.8 Å². The monoisotopic (exact) mass is 305 g/mol. The molecule has 0 amide bonds. The Hall–Kier alpha value is -0.590. The molecule has 5 nitrogen and oxygen atoms in total. The fourth-order valence-corrected chi connectivity index (χ4v) is 4.61. The standard InChI is InChI=1S/C12H20ClN3O2S/c1-10-12(11(9-13)15-14-10)19(17,18)16-7-5-3-2-4-6-8-16/h2-9H2,1H3,(H,14,15). The van der Waals surface area contributed by atoms with E-state index >= 15 is 0 Å². The van der Waals surface area contributed by atoms with Crippen LogP contribution in [0.5, 0.6) is 0 Å². The predicted octanol–water partition coefficient (Wildman–Crippen LogP) is 2.41. The number of aromatic amines is 1. The summed E-state index contributed by atoms with van der Waals surface area (Å²) in [5, 5.41) is 6.70. The van der Waals surface area contributed by atoms with Crippen LogP contribution in [0, 0.1) is 6.92 Å². The summed E-state index contributed by atoms with van der Waals surface area (Å²) in [7, 11) is -3.48. The van der Waals surface area contributed by atoms with Gasteiger partial charge >= 0.3 is 0 Å². The van der Waals surface area contributed by atoms with Crippen LogP contribution in [0.4, 0.5) is 0 Å². The van der Waals surface area contributed by atoms with Gasteiger partial charge in [-0.25, -0.2) is 8.42 Å². The van der Waals surface area contributed by atoms with Crippen molar-refractivity contribution >= 4 is 21.6 Å². The van der Waals surface area contributed by atoms with Gasteiger partial charge < -0.3 is 0 Å². The number of alkyl halides is 1. The van der Waals surface area contributed by atoms with Crippen LogP contribution in [0.25, 0.3) is 0 Å².